The van der Waals surface area contributed by atoms with Crippen LogP contribution in [0.5, 0.6) is 11.5 Å². The van der Waals surface area contributed by atoms with E-state index in [2.05, 4.69) is 5.32 Å². The number of anilines is 2. The molecule has 1 N–H and O–H groups in total. The van der Waals surface area contributed by atoms with E-state index in [-0.39, 0.29) is 12.3 Å². The Hall–Kier alpha value is -2.45. The van der Waals surface area contributed by atoms with Crippen LogP contribution in [0, 0.1) is 0 Å². The number of benzene rings is 2. The van der Waals surface area contributed by atoms with Gasteiger partial charge in [-0.3, -0.25) is 9.10 Å². The molecule has 2 aromatic carbocycles. The first-order valence-electron chi connectivity index (χ1n) is 8.26. The van der Waals surface area contributed by atoms with Gasteiger partial charge in [-0.2, -0.15) is 0 Å². The summed E-state index contributed by atoms with van der Waals surface area (Å²) in [5.74, 6) is 0.275. The Morgan fingerprint density at radius 1 is 1.33 bits per heavy atom. The minimum Gasteiger partial charge on any atom is -0.495 e. The number of amides is 1. The smallest absolute Gasteiger partial charge is 0.267 e. The number of fused-ring (bicyclic) bond motifs is 1. The third-order valence-corrected chi connectivity index (χ3v) is 6.19. The van der Waals surface area contributed by atoms with Crippen molar-refractivity contribution in [3.05, 3.63) is 47.5 Å². The van der Waals surface area contributed by atoms with Crippen molar-refractivity contribution in [2.45, 2.75) is 13.0 Å². The van der Waals surface area contributed by atoms with Crippen LogP contribution >= 0.6 is 11.6 Å². The van der Waals surface area contributed by atoms with E-state index in [4.69, 9.17) is 21.1 Å². The van der Waals surface area contributed by atoms with Crippen molar-refractivity contribution in [3.63, 3.8) is 0 Å². The van der Waals surface area contributed by atoms with Crippen molar-refractivity contribution in [2.24, 2.45) is 0 Å². The molecule has 144 valence electrons. The molecule has 3 rings (SSSR count). The quantitative estimate of drug-likeness (QED) is 0.819. The number of hydrogen-bond acceptors (Lipinski definition) is 5. The van der Waals surface area contributed by atoms with Crippen LogP contribution in [-0.2, 0) is 14.8 Å². The van der Waals surface area contributed by atoms with E-state index in [1.807, 2.05) is 0 Å². The molecule has 9 heteroatoms. The first kappa shape index (κ1) is 19.3. The largest absolute Gasteiger partial charge is 0.495 e. The first-order chi connectivity index (χ1) is 12.9. The Kier molecular flexibility index (Phi) is 5.48. The standard InChI is InChI=1S/C18H19ClN2O5S/c1-3-27(23,24)21-11-17(26-16-7-5-4-6-14(16)21)18(22)20-12-8-9-15(25-2)13(19)10-12/h4-10,17H,3,11H2,1-2H3,(H,20,22)/t17-/m0/s1. The van der Waals surface area contributed by atoms with Gasteiger partial charge in [-0.1, -0.05) is 23.7 Å². The highest BCUT2D eigenvalue weighted by Gasteiger charge is 2.35. The average Bonchev–Trinajstić information content (AvgIpc) is 2.67. The van der Waals surface area contributed by atoms with Gasteiger partial charge in [0.05, 0.1) is 30.1 Å². The highest BCUT2D eigenvalue weighted by atomic mass is 35.5. The molecule has 7 nitrogen and oxygen atoms in total. The van der Waals surface area contributed by atoms with Crippen molar-refractivity contribution in [2.75, 3.05) is 29.0 Å². The van der Waals surface area contributed by atoms with Gasteiger partial charge in [0, 0.05) is 5.69 Å². The van der Waals surface area contributed by atoms with Crippen molar-refractivity contribution < 1.29 is 22.7 Å². The summed E-state index contributed by atoms with van der Waals surface area (Å²) >= 11 is 6.07. The van der Waals surface area contributed by atoms with Gasteiger partial charge in [-0.25, -0.2) is 8.42 Å². The fourth-order valence-corrected chi connectivity index (χ4v) is 4.11. The molecule has 1 atom stereocenters. The maximum Gasteiger partial charge on any atom is 0.267 e. The molecule has 0 bridgehead atoms. The Morgan fingerprint density at radius 2 is 2.07 bits per heavy atom. The van der Waals surface area contributed by atoms with Gasteiger partial charge in [-0.15, -0.1) is 0 Å². The van der Waals surface area contributed by atoms with E-state index in [0.29, 0.717) is 27.9 Å². The molecule has 0 unspecified atom stereocenters. The van der Waals surface area contributed by atoms with Crippen LogP contribution in [-0.4, -0.2) is 39.8 Å². The summed E-state index contributed by atoms with van der Waals surface area (Å²) in [6.07, 6.45) is -0.998. The molecule has 0 saturated carbocycles. The molecule has 0 aliphatic carbocycles. The molecule has 0 saturated heterocycles. The molecule has 1 heterocycles. The lowest BCUT2D eigenvalue weighted by molar-refractivity contribution is -0.122. The van der Waals surface area contributed by atoms with Crippen LogP contribution in [0.3, 0.4) is 0 Å². The molecule has 0 fully saturated rings. The number of sulfonamides is 1. The minimum atomic E-state index is -3.55. The topological polar surface area (TPSA) is 84.9 Å². The zero-order valence-corrected chi connectivity index (χ0v) is 16.4. The number of para-hydroxylation sites is 2. The monoisotopic (exact) mass is 410 g/mol. The Balaban J connectivity index is 1.85. The maximum absolute atomic E-state index is 12.7. The number of carbonyl (C=O) groups excluding carboxylic acids is 1. The SMILES string of the molecule is CCS(=O)(=O)N1C[C@@H](C(=O)Nc2ccc(OC)c(Cl)c2)Oc2ccccc21. The molecule has 1 amide bonds. The molecular formula is C18H19ClN2O5S. The molecule has 0 spiro atoms. The number of ether oxygens (including phenoxy) is 2. The van der Waals surface area contributed by atoms with Gasteiger partial charge in [0.25, 0.3) is 5.91 Å². The Bertz CT molecular complexity index is 964. The molecule has 1 aliphatic heterocycles. The summed E-state index contributed by atoms with van der Waals surface area (Å²) in [6.45, 7) is 1.45. The average molecular weight is 411 g/mol. The second-order valence-electron chi connectivity index (χ2n) is 5.84. The number of methoxy groups -OCH3 is 1. The maximum atomic E-state index is 12.7. The van der Waals surface area contributed by atoms with E-state index in [9.17, 15) is 13.2 Å². The van der Waals surface area contributed by atoms with Crippen LogP contribution < -0.4 is 19.1 Å². The lowest BCUT2D eigenvalue weighted by atomic mass is 10.2. The van der Waals surface area contributed by atoms with Crippen LogP contribution in [0.25, 0.3) is 0 Å². The molecule has 1 aliphatic rings. The second-order valence-corrected chi connectivity index (χ2v) is 8.43. The van der Waals surface area contributed by atoms with Crippen molar-refractivity contribution in [3.8, 4) is 11.5 Å². The molecule has 2 aromatic rings. The van der Waals surface area contributed by atoms with Crippen LogP contribution in [0.4, 0.5) is 11.4 Å². The van der Waals surface area contributed by atoms with E-state index in [0.717, 1.165) is 0 Å². The third kappa shape index (κ3) is 3.96. The summed E-state index contributed by atoms with van der Waals surface area (Å²) in [5.41, 5.74) is 0.883. The molecular weight excluding hydrogens is 392 g/mol. The predicted octanol–water partition coefficient (Wildman–Crippen LogP) is 2.90. The van der Waals surface area contributed by atoms with Gasteiger partial charge in [-0.05, 0) is 37.3 Å². The number of halogens is 1. The van der Waals surface area contributed by atoms with E-state index in [1.165, 1.54) is 11.4 Å². The highest BCUT2D eigenvalue weighted by Crippen LogP contribution is 2.35. The van der Waals surface area contributed by atoms with Gasteiger partial charge in [0.1, 0.15) is 11.5 Å². The predicted molar refractivity (Wildman–Crippen MR) is 104 cm³/mol. The molecule has 0 aromatic heterocycles. The third-order valence-electron chi connectivity index (χ3n) is 4.15. The lowest BCUT2D eigenvalue weighted by Gasteiger charge is -2.34. The summed E-state index contributed by atoms with van der Waals surface area (Å²) in [7, 11) is -2.06. The van der Waals surface area contributed by atoms with E-state index < -0.39 is 22.0 Å². The first-order valence-corrected chi connectivity index (χ1v) is 10.2. The van der Waals surface area contributed by atoms with Gasteiger partial charge < -0.3 is 14.8 Å². The fourth-order valence-electron chi connectivity index (χ4n) is 2.72. The zero-order valence-electron chi connectivity index (χ0n) is 14.8. The van der Waals surface area contributed by atoms with Crippen molar-refractivity contribution in [1.29, 1.82) is 0 Å². The van der Waals surface area contributed by atoms with Gasteiger partial charge >= 0.3 is 0 Å². The minimum absolute atomic E-state index is 0.0796. The van der Waals surface area contributed by atoms with E-state index >= 15 is 0 Å². The Labute approximate surface area is 162 Å². The zero-order chi connectivity index (χ0) is 19.6. The van der Waals surface area contributed by atoms with Crippen LogP contribution in [0.2, 0.25) is 5.02 Å². The lowest BCUT2D eigenvalue weighted by Crippen LogP contribution is -2.49. The van der Waals surface area contributed by atoms with Gasteiger partial charge in [0.2, 0.25) is 10.0 Å². The number of nitrogens with zero attached hydrogens (tertiary/aromatic N) is 1. The van der Waals surface area contributed by atoms with Gasteiger partial charge in [0.15, 0.2) is 6.10 Å². The number of carbonyl (C=O) groups is 1. The second kappa shape index (κ2) is 7.66. The summed E-state index contributed by atoms with van der Waals surface area (Å²) in [5, 5.41) is 3.05. The van der Waals surface area contributed by atoms with Crippen molar-refractivity contribution >= 4 is 38.9 Å². The number of hydrogen-bond donors (Lipinski definition) is 1. The molecule has 0 radical (unpaired) electrons. The van der Waals surface area contributed by atoms with Crippen LogP contribution in [0.15, 0.2) is 42.5 Å². The highest BCUT2D eigenvalue weighted by molar-refractivity contribution is 7.92. The van der Waals surface area contributed by atoms with E-state index in [1.54, 1.807) is 49.4 Å². The summed E-state index contributed by atoms with van der Waals surface area (Å²) < 4.78 is 37.0. The molecule has 27 heavy (non-hydrogen) atoms. The Morgan fingerprint density at radius 3 is 2.74 bits per heavy atom. The number of rotatable bonds is 5. The number of nitrogens with one attached hydrogen (secondary N) is 1. The van der Waals surface area contributed by atoms with Crippen LogP contribution in [0.1, 0.15) is 6.92 Å². The summed E-state index contributed by atoms with van der Waals surface area (Å²) in [4.78, 5) is 12.7. The summed E-state index contributed by atoms with van der Waals surface area (Å²) in [6, 6.07) is 11.6. The fraction of sp³-hybridized carbons (Fsp3) is 0.278. The normalized spacial score (nSPS) is 16.3. The van der Waals surface area contributed by atoms with Crippen molar-refractivity contribution in [1.82, 2.24) is 0 Å².